The normalized spacial score (nSPS) is 10.9. The van der Waals surface area contributed by atoms with Gasteiger partial charge in [-0.3, -0.25) is 20.4 Å². The summed E-state index contributed by atoms with van der Waals surface area (Å²) in [4.78, 5) is 24.1. The molecule has 5 heteroatoms. The van der Waals surface area contributed by atoms with Crippen molar-refractivity contribution in [2.75, 3.05) is 6.61 Å². The molecule has 0 spiro atoms. The number of carbonyl (C=O) groups excluding carboxylic acids is 2. The summed E-state index contributed by atoms with van der Waals surface area (Å²) in [6.45, 7) is 1.62. The van der Waals surface area contributed by atoms with Crippen LogP contribution in [0.3, 0.4) is 0 Å². The monoisotopic (exact) mass is 386 g/mol. The SMILES string of the molecule is C/C(=C/C(=O)NNC(=O)COc1ccccc1-c1ccccc1)c1ccccc1. The minimum Gasteiger partial charge on any atom is -0.483 e. The van der Waals surface area contributed by atoms with Crippen LogP contribution in [0, 0.1) is 0 Å². The molecule has 0 aromatic heterocycles. The van der Waals surface area contributed by atoms with Crippen LogP contribution in [-0.4, -0.2) is 18.4 Å². The lowest BCUT2D eigenvalue weighted by molar-refractivity contribution is -0.128. The third-order valence-electron chi connectivity index (χ3n) is 4.23. The number of hydrogen-bond acceptors (Lipinski definition) is 3. The second kappa shape index (κ2) is 9.90. The average molecular weight is 386 g/mol. The highest BCUT2D eigenvalue weighted by Gasteiger charge is 2.09. The molecule has 0 heterocycles. The molecule has 0 aliphatic carbocycles. The fourth-order valence-electron chi connectivity index (χ4n) is 2.78. The van der Waals surface area contributed by atoms with Crippen molar-refractivity contribution in [1.29, 1.82) is 0 Å². The lowest BCUT2D eigenvalue weighted by atomic mass is 10.1. The van der Waals surface area contributed by atoms with Gasteiger partial charge in [-0.25, -0.2) is 0 Å². The Morgan fingerprint density at radius 1 is 0.828 bits per heavy atom. The van der Waals surface area contributed by atoms with Gasteiger partial charge in [-0.1, -0.05) is 78.9 Å². The van der Waals surface area contributed by atoms with Crippen LogP contribution in [0.5, 0.6) is 5.75 Å². The first-order chi connectivity index (χ1) is 14.1. The van der Waals surface area contributed by atoms with Gasteiger partial charge in [0.15, 0.2) is 6.61 Å². The number of benzene rings is 3. The van der Waals surface area contributed by atoms with E-state index in [2.05, 4.69) is 10.9 Å². The zero-order valence-corrected chi connectivity index (χ0v) is 16.1. The summed E-state index contributed by atoms with van der Waals surface area (Å²) < 4.78 is 5.66. The van der Waals surface area contributed by atoms with Crippen LogP contribution in [0.1, 0.15) is 12.5 Å². The number of allylic oxidation sites excluding steroid dienone is 1. The number of hydrogen-bond donors (Lipinski definition) is 2. The quantitative estimate of drug-likeness (QED) is 0.497. The maximum Gasteiger partial charge on any atom is 0.276 e. The molecule has 0 unspecified atom stereocenters. The van der Waals surface area contributed by atoms with E-state index in [-0.39, 0.29) is 6.61 Å². The topological polar surface area (TPSA) is 67.4 Å². The largest absolute Gasteiger partial charge is 0.483 e. The summed E-state index contributed by atoms with van der Waals surface area (Å²) >= 11 is 0. The highest BCUT2D eigenvalue weighted by molar-refractivity contribution is 5.95. The van der Waals surface area contributed by atoms with Crippen molar-refractivity contribution in [2.24, 2.45) is 0 Å². The zero-order chi connectivity index (χ0) is 20.5. The van der Waals surface area contributed by atoms with Crippen molar-refractivity contribution in [3.05, 3.63) is 96.6 Å². The molecule has 0 aliphatic rings. The van der Waals surface area contributed by atoms with Crippen molar-refractivity contribution in [1.82, 2.24) is 10.9 Å². The molecule has 0 aliphatic heterocycles. The first kappa shape index (κ1) is 19.9. The highest BCUT2D eigenvalue weighted by Crippen LogP contribution is 2.29. The van der Waals surface area contributed by atoms with E-state index >= 15 is 0 Å². The number of amides is 2. The first-order valence-electron chi connectivity index (χ1n) is 9.23. The van der Waals surface area contributed by atoms with E-state index in [0.717, 1.165) is 22.3 Å². The third-order valence-corrected chi connectivity index (χ3v) is 4.23. The maximum atomic E-state index is 12.1. The second-order valence-corrected chi connectivity index (χ2v) is 6.38. The van der Waals surface area contributed by atoms with Crippen LogP contribution in [0.4, 0.5) is 0 Å². The second-order valence-electron chi connectivity index (χ2n) is 6.38. The van der Waals surface area contributed by atoms with Gasteiger partial charge in [0.05, 0.1) is 0 Å². The third kappa shape index (κ3) is 5.81. The van der Waals surface area contributed by atoms with E-state index in [9.17, 15) is 9.59 Å². The fraction of sp³-hybridized carbons (Fsp3) is 0.0833. The lowest BCUT2D eigenvalue weighted by Gasteiger charge is -2.12. The van der Waals surface area contributed by atoms with Gasteiger partial charge in [0.1, 0.15) is 5.75 Å². The van der Waals surface area contributed by atoms with Crippen molar-refractivity contribution in [2.45, 2.75) is 6.92 Å². The van der Waals surface area contributed by atoms with Crippen LogP contribution in [0.25, 0.3) is 16.7 Å². The Hall–Kier alpha value is -3.86. The predicted molar refractivity (Wildman–Crippen MR) is 114 cm³/mol. The molecule has 3 aromatic rings. The molecule has 3 aromatic carbocycles. The number of hydrazine groups is 1. The number of para-hydroxylation sites is 1. The van der Waals surface area contributed by atoms with Gasteiger partial charge in [0.2, 0.25) is 0 Å². The predicted octanol–water partition coefficient (Wildman–Crippen LogP) is 3.98. The Balaban J connectivity index is 1.53. The fourth-order valence-corrected chi connectivity index (χ4v) is 2.78. The van der Waals surface area contributed by atoms with Crippen molar-refractivity contribution < 1.29 is 14.3 Å². The molecule has 2 amide bonds. The van der Waals surface area contributed by atoms with Gasteiger partial charge < -0.3 is 4.74 Å². The highest BCUT2D eigenvalue weighted by atomic mass is 16.5. The molecule has 5 nitrogen and oxygen atoms in total. The molecule has 29 heavy (non-hydrogen) atoms. The molecule has 0 atom stereocenters. The van der Waals surface area contributed by atoms with Gasteiger partial charge in [0, 0.05) is 11.6 Å². The van der Waals surface area contributed by atoms with Crippen molar-refractivity contribution in [3.63, 3.8) is 0 Å². The Morgan fingerprint density at radius 2 is 1.45 bits per heavy atom. The van der Waals surface area contributed by atoms with Crippen LogP contribution in [0.15, 0.2) is 91.0 Å². The van der Waals surface area contributed by atoms with Crippen molar-refractivity contribution >= 4 is 17.4 Å². The van der Waals surface area contributed by atoms with E-state index in [4.69, 9.17) is 4.74 Å². The summed E-state index contributed by atoms with van der Waals surface area (Å²) in [5.74, 6) is -0.267. The molecule has 0 bridgehead atoms. The Morgan fingerprint density at radius 3 is 2.17 bits per heavy atom. The summed E-state index contributed by atoms with van der Waals surface area (Å²) in [6, 6.07) is 26.8. The van der Waals surface area contributed by atoms with E-state index in [0.29, 0.717) is 5.75 Å². The van der Waals surface area contributed by atoms with Crippen LogP contribution >= 0.6 is 0 Å². The van der Waals surface area contributed by atoms with Gasteiger partial charge in [0.25, 0.3) is 11.8 Å². The number of nitrogens with one attached hydrogen (secondary N) is 2. The molecular formula is C24H22N2O3. The summed E-state index contributed by atoms with van der Waals surface area (Å²) in [6.07, 6.45) is 1.43. The van der Waals surface area contributed by atoms with Gasteiger partial charge in [-0.15, -0.1) is 0 Å². The van der Waals surface area contributed by atoms with Gasteiger partial charge in [-0.2, -0.15) is 0 Å². The van der Waals surface area contributed by atoms with E-state index in [1.165, 1.54) is 6.08 Å². The molecule has 0 saturated heterocycles. The Kier molecular flexibility index (Phi) is 6.79. The molecule has 146 valence electrons. The van der Waals surface area contributed by atoms with Crippen LogP contribution in [0.2, 0.25) is 0 Å². The number of rotatable bonds is 6. The molecule has 0 saturated carbocycles. The number of ether oxygens (including phenoxy) is 1. The molecule has 3 rings (SSSR count). The van der Waals surface area contributed by atoms with Crippen LogP contribution < -0.4 is 15.6 Å². The standard InChI is InChI=1S/C24H22N2O3/c1-18(19-10-4-2-5-11-19)16-23(27)25-26-24(28)17-29-22-15-9-8-14-21(22)20-12-6-3-7-13-20/h2-16H,17H2,1H3,(H,25,27)(H,26,28)/b18-16-. The zero-order valence-electron chi connectivity index (χ0n) is 16.1. The lowest BCUT2D eigenvalue weighted by Crippen LogP contribution is -2.43. The minimum absolute atomic E-state index is 0.217. The maximum absolute atomic E-state index is 12.1. The van der Waals surface area contributed by atoms with E-state index in [1.54, 1.807) is 6.07 Å². The van der Waals surface area contributed by atoms with E-state index in [1.807, 2.05) is 85.8 Å². The molecule has 0 radical (unpaired) electrons. The van der Waals surface area contributed by atoms with Gasteiger partial charge in [-0.05, 0) is 29.7 Å². The Labute approximate surface area is 170 Å². The molecular weight excluding hydrogens is 364 g/mol. The molecule has 2 N–H and O–H groups in total. The van der Waals surface area contributed by atoms with E-state index < -0.39 is 11.8 Å². The summed E-state index contributed by atoms with van der Waals surface area (Å²) in [5, 5.41) is 0. The van der Waals surface area contributed by atoms with Crippen molar-refractivity contribution in [3.8, 4) is 16.9 Å². The Bertz CT molecular complexity index is 999. The molecule has 0 fully saturated rings. The smallest absolute Gasteiger partial charge is 0.276 e. The average Bonchev–Trinajstić information content (AvgIpc) is 2.77. The van der Waals surface area contributed by atoms with Crippen LogP contribution in [-0.2, 0) is 9.59 Å². The summed E-state index contributed by atoms with van der Waals surface area (Å²) in [5.41, 5.74) is 8.36. The van der Waals surface area contributed by atoms with Gasteiger partial charge >= 0.3 is 0 Å². The minimum atomic E-state index is -0.452. The first-order valence-corrected chi connectivity index (χ1v) is 9.23. The summed E-state index contributed by atoms with van der Waals surface area (Å²) in [7, 11) is 0. The number of carbonyl (C=O) groups is 2.